The summed E-state index contributed by atoms with van der Waals surface area (Å²) in [5.74, 6) is 0.322. The number of alkyl halides is 3. The lowest BCUT2D eigenvalue weighted by Gasteiger charge is -2.16. The Morgan fingerprint density at radius 2 is 2.04 bits per heavy atom. The van der Waals surface area contributed by atoms with Crippen LogP contribution in [0.25, 0.3) is 11.4 Å². The maximum atomic E-state index is 12.9. The first-order valence-electron chi connectivity index (χ1n) is 8.34. The minimum atomic E-state index is -4.45. The van der Waals surface area contributed by atoms with E-state index in [1.165, 1.54) is 24.3 Å². The van der Waals surface area contributed by atoms with Crippen molar-refractivity contribution >= 4 is 11.4 Å². The average Bonchev–Trinajstić information content (AvgIpc) is 3.28. The molecule has 7 nitrogen and oxygen atoms in total. The third-order valence-corrected chi connectivity index (χ3v) is 4.51. The Hall–Kier alpha value is -3.43. The summed E-state index contributed by atoms with van der Waals surface area (Å²) in [7, 11) is 0. The van der Waals surface area contributed by atoms with E-state index in [9.17, 15) is 23.3 Å². The number of aromatic nitrogens is 2. The number of nitro benzene ring substituents is 1. The van der Waals surface area contributed by atoms with Gasteiger partial charge in [-0.05, 0) is 30.2 Å². The third-order valence-electron chi connectivity index (χ3n) is 4.51. The van der Waals surface area contributed by atoms with Gasteiger partial charge in [-0.1, -0.05) is 17.3 Å². The van der Waals surface area contributed by atoms with Crippen molar-refractivity contribution in [2.24, 2.45) is 0 Å². The van der Waals surface area contributed by atoms with Gasteiger partial charge >= 0.3 is 6.18 Å². The molecule has 144 valence electrons. The van der Waals surface area contributed by atoms with Crippen LogP contribution in [0.4, 0.5) is 24.5 Å². The van der Waals surface area contributed by atoms with Gasteiger partial charge in [0, 0.05) is 29.9 Å². The van der Waals surface area contributed by atoms with Gasteiger partial charge in [-0.15, -0.1) is 0 Å². The zero-order chi connectivity index (χ0) is 19.9. The Balaban J connectivity index is 1.54. The van der Waals surface area contributed by atoms with Crippen LogP contribution in [0.5, 0.6) is 0 Å². The predicted molar refractivity (Wildman–Crippen MR) is 92.6 cm³/mol. The molecule has 0 fully saturated rings. The van der Waals surface area contributed by atoms with E-state index in [4.69, 9.17) is 4.52 Å². The van der Waals surface area contributed by atoms with Crippen molar-refractivity contribution in [2.45, 2.75) is 19.1 Å². The molecule has 0 bridgehead atoms. The number of hydrogen-bond donors (Lipinski definition) is 0. The predicted octanol–water partition coefficient (Wildman–Crippen LogP) is 4.23. The summed E-state index contributed by atoms with van der Waals surface area (Å²) in [6.07, 6.45) is -3.81. The number of non-ortho nitro benzene ring substituents is 1. The van der Waals surface area contributed by atoms with Gasteiger partial charge in [0.25, 0.3) is 5.69 Å². The monoisotopic (exact) mass is 390 g/mol. The van der Waals surface area contributed by atoms with Crippen molar-refractivity contribution < 1.29 is 22.6 Å². The molecule has 4 rings (SSSR count). The van der Waals surface area contributed by atoms with E-state index in [-0.39, 0.29) is 29.5 Å². The summed E-state index contributed by atoms with van der Waals surface area (Å²) < 4.78 is 43.8. The molecule has 0 aliphatic carbocycles. The lowest BCUT2D eigenvalue weighted by Crippen LogP contribution is -2.19. The number of nitro groups is 1. The van der Waals surface area contributed by atoms with E-state index < -0.39 is 16.7 Å². The fourth-order valence-corrected chi connectivity index (χ4v) is 3.17. The molecule has 0 amide bonds. The fourth-order valence-electron chi connectivity index (χ4n) is 3.17. The molecule has 3 aromatic rings. The number of anilines is 1. The lowest BCUT2D eigenvalue weighted by atomic mass is 10.1. The zero-order valence-corrected chi connectivity index (χ0v) is 14.3. The average molecular weight is 390 g/mol. The van der Waals surface area contributed by atoms with Crippen molar-refractivity contribution in [1.29, 1.82) is 0 Å². The maximum Gasteiger partial charge on any atom is 0.416 e. The van der Waals surface area contributed by atoms with Crippen LogP contribution >= 0.6 is 0 Å². The molecule has 0 atom stereocenters. The number of fused-ring (bicyclic) bond motifs is 1. The largest absolute Gasteiger partial charge is 0.416 e. The highest BCUT2D eigenvalue weighted by atomic mass is 19.4. The topological polar surface area (TPSA) is 85.3 Å². The van der Waals surface area contributed by atoms with E-state index in [0.29, 0.717) is 13.0 Å². The van der Waals surface area contributed by atoms with E-state index in [1.54, 1.807) is 6.07 Å². The minimum Gasteiger partial charge on any atom is -0.362 e. The van der Waals surface area contributed by atoms with Crippen molar-refractivity contribution in [3.05, 3.63) is 69.6 Å². The fraction of sp³-hybridized carbons (Fsp3) is 0.222. The molecule has 28 heavy (non-hydrogen) atoms. The summed E-state index contributed by atoms with van der Waals surface area (Å²) in [6, 6.07) is 9.36. The Bertz CT molecular complexity index is 1050. The first kappa shape index (κ1) is 18.0. The van der Waals surface area contributed by atoms with Gasteiger partial charge in [0.05, 0.1) is 17.0 Å². The Kier molecular flexibility index (Phi) is 4.25. The SMILES string of the molecule is O=[N+]([O-])c1ccc2c(c1)CCN2Cc1nc(-c2cccc(C(F)(F)F)c2)no1. The van der Waals surface area contributed by atoms with Gasteiger partial charge in [0.1, 0.15) is 0 Å². The molecule has 1 aliphatic rings. The van der Waals surface area contributed by atoms with Gasteiger partial charge in [0.15, 0.2) is 0 Å². The second kappa shape index (κ2) is 6.63. The van der Waals surface area contributed by atoms with Gasteiger partial charge in [-0.2, -0.15) is 18.2 Å². The number of hydrogen-bond acceptors (Lipinski definition) is 6. The lowest BCUT2D eigenvalue weighted by molar-refractivity contribution is -0.384. The van der Waals surface area contributed by atoms with Crippen LogP contribution in [0.2, 0.25) is 0 Å². The normalized spacial score (nSPS) is 13.6. The van der Waals surface area contributed by atoms with E-state index in [1.807, 2.05) is 4.90 Å². The number of nitrogens with zero attached hydrogens (tertiary/aromatic N) is 4. The minimum absolute atomic E-state index is 0.0326. The highest BCUT2D eigenvalue weighted by Crippen LogP contribution is 2.33. The molecule has 0 radical (unpaired) electrons. The highest BCUT2D eigenvalue weighted by molar-refractivity contribution is 5.61. The third kappa shape index (κ3) is 3.40. The van der Waals surface area contributed by atoms with Crippen molar-refractivity contribution in [3.8, 4) is 11.4 Å². The van der Waals surface area contributed by atoms with Crippen molar-refractivity contribution in [1.82, 2.24) is 10.1 Å². The molecular formula is C18H13F3N4O3. The summed E-state index contributed by atoms with van der Waals surface area (Å²) >= 11 is 0. The van der Waals surface area contributed by atoms with E-state index in [2.05, 4.69) is 10.1 Å². The van der Waals surface area contributed by atoms with Crippen molar-refractivity contribution in [2.75, 3.05) is 11.4 Å². The standard InChI is InChI=1S/C18H13F3N4O3/c19-18(20,21)13-3-1-2-12(8-13)17-22-16(28-23-17)10-24-7-6-11-9-14(25(26)27)4-5-15(11)24/h1-5,8-9H,6-7,10H2. The second-order valence-corrected chi connectivity index (χ2v) is 6.33. The molecule has 1 aromatic heterocycles. The number of halogens is 3. The van der Waals surface area contributed by atoms with Crippen LogP contribution in [0.3, 0.4) is 0 Å². The second-order valence-electron chi connectivity index (χ2n) is 6.33. The Labute approximate surface area is 156 Å². The van der Waals surface area contributed by atoms with Gasteiger partial charge in [0.2, 0.25) is 11.7 Å². The van der Waals surface area contributed by atoms with Gasteiger partial charge < -0.3 is 9.42 Å². The van der Waals surface area contributed by atoms with Crippen LogP contribution in [0, 0.1) is 10.1 Å². The molecule has 1 aliphatic heterocycles. The van der Waals surface area contributed by atoms with Crippen LogP contribution in [0.1, 0.15) is 17.0 Å². The van der Waals surface area contributed by atoms with Crippen LogP contribution < -0.4 is 4.90 Å². The Morgan fingerprint density at radius 1 is 1.21 bits per heavy atom. The van der Waals surface area contributed by atoms with Crippen LogP contribution in [-0.2, 0) is 19.1 Å². The molecular weight excluding hydrogens is 377 g/mol. The molecule has 0 saturated carbocycles. The Morgan fingerprint density at radius 3 is 2.79 bits per heavy atom. The maximum absolute atomic E-state index is 12.9. The van der Waals surface area contributed by atoms with E-state index >= 15 is 0 Å². The molecule has 0 saturated heterocycles. The summed E-state index contributed by atoms with van der Waals surface area (Å²) in [6.45, 7) is 0.883. The molecule has 10 heteroatoms. The molecule has 0 unspecified atom stereocenters. The van der Waals surface area contributed by atoms with Crippen LogP contribution in [-0.4, -0.2) is 21.6 Å². The zero-order valence-electron chi connectivity index (χ0n) is 14.3. The smallest absolute Gasteiger partial charge is 0.362 e. The van der Waals surface area contributed by atoms with Gasteiger partial charge in [-0.25, -0.2) is 0 Å². The molecule has 2 aromatic carbocycles. The first-order chi connectivity index (χ1) is 13.3. The molecule has 0 spiro atoms. The number of benzene rings is 2. The van der Waals surface area contributed by atoms with Gasteiger partial charge in [-0.3, -0.25) is 10.1 Å². The first-order valence-corrected chi connectivity index (χ1v) is 8.34. The summed E-state index contributed by atoms with van der Waals surface area (Å²) in [5, 5.41) is 14.7. The summed E-state index contributed by atoms with van der Waals surface area (Å²) in [4.78, 5) is 16.6. The molecule has 2 heterocycles. The summed E-state index contributed by atoms with van der Waals surface area (Å²) in [5.41, 5.74) is 1.15. The quantitative estimate of drug-likeness (QED) is 0.490. The van der Waals surface area contributed by atoms with Crippen LogP contribution in [0.15, 0.2) is 47.0 Å². The van der Waals surface area contributed by atoms with E-state index in [0.717, 1.165) is 23.4 Å². The number of rotatable bonds is 4. The molecule has 0 N–H and O–H groups in total. The highest BCUT2D eigenvalue weighted by Gasteiger charge is 2.31. The van der Waals surface area contributed by atoms with Crippen molar-refractivity contribution in [3.63, 3.8) is 0 Å².